The summed E-state index contributed by atoms with van der Waals surface area (Å²) in [4.78, 5) is 11.8. The molecule has 0 aliphatic rings. The number of carbonyl (C=O) groups is 1. The normalized spacial score (nSPS) is 9.71. The fraction of sp³-hybridized carbons (Fsp3) is 0.0667. The monoisotopic (exact) mass is 301 g/mol. The van der Waals surface area contributed by atoms with E-state index < -0.39 is 0 Å². The SMILES string of the molecule is N#Cc1cccc(OCC(=O)Nc2cc(Cl)ccc2N)c1. The van der Waals surface area contributed by atoms with Crippen LogP contribution >= 0.6 is 11.6 Å². The molecule has 0 aliphatic heterocycles. The second-order valence-electron chi connectivity index (χ2n) is 4.21. The first-order valence-electron chi connectivity index (χ1n) is 6.06. The Morgan fingerprint density at radius 3 is 2.90 bits per heavy atom. The zero-order valence-electron chi connectivity index (χ0n) is 11.0. The van der Waals surface area contributed by atoms with Gasteiger partial charge in [0.25, 0.3) is 5.91 Å². The number of nitriles is 1. The lowest BCUT2D eigenvalue weighted by Gasteiger charge is -2.09. The summed E-state index contributed by atoms with van der Waals surface area (Å²) in [6, 6.07) is 13.4. The number of nitrogens with one attached hydrogen (secondary N) is 1. The van der Waals surface area contributed by atoms with Crippen LogP contribution in [0.4, 0.5) is 11.4 Å². The summed E-state index contributed by atoms with van der Waals surface area (Å²) in [5.41, 5.74) is 7.05. The van der Waals surface area contributed by atoms with Gasteiger partial charge >= 0.3 is 0 Å². The van der Waals surface area contributed by atoms with Gasteiger partial charge in [-0.25, -0.2) is 0 Å². The molecule has 0 unspecified atom stereocenters. The van der Waals surface area contributed by atoms with Crippen LogP contribution in [0.3, 0.4) is 0 Å². The first-order valence-corrected chi connectivity index (χ1v) is 6.44. The lowest BCUT2D eigenvalue weighted by molar-refractivity contribution is -0.118. The zero-order valence-corrected chi connectivity index (χ0v) is 11.7. The van der Waals surface area contributed by atoms with Crippen LogP contribution in [0.2, 0.25) is 5.02 Å². The van der Waals surface area contributed by atoms with Crippen LogP contribution in [0.15, 0.2) is 42.5 Å². The number of nitrogens with two attached hydrogens (primary N) is 1. The van der Waals surface area contributed by atoms with Gasteiger partial charge in [-0.05, 0) is 36.4 Å². The zero-order chi connectivity index (χ0) is 15.2. The molecule has 0 aromatic heterocycles. The quantitative estimate of drug-likeness (QED) is 0.850. The number of anilines is 2. The van der Waals surface area contributed by atoms with Gasteiger partial charge in [-0.2, -0.15) is 5.26 Å². The average molecular weight is 302 g/mol. The highest BCUT2D eigenvalue weighted by molar-refractivity contribution is 6.31. The molecule has 0 saturated heterocycles. The van der Waals surface area contributed by atoms with E-state index in [2.05, 4.69) is 5.32 Å². The highest BCUT2D eigenvalue weighted by Gasteiger charge is 2.07. The number of rotatable bonds is 4. The molecule has 0 aliphatic carbocycles. The number of hydrogen-bond donors (Lipinski definition) is 2. The molecule has 2 aromatic carbocycles. The molecule has 106 valence electrons. The molecule has 5 nitrogen and oxygen atoms in total. The summed E-state index contributed by atoms with van der Waals surface area (Å²) in [6.45, 7) is -0.194. The van der Waals surface area contributed by atoms with Crippen molar-refractivity contribution in [3.05, 3.63) is 53.1 Å². The van der Waals surface area contributed by atoms with E-state index in [0.29, 0.717) is 27.7 Å². The molecule has 3 N–H and O–H groups in total. The van der Waals surface area contributed by atoms with Crippen LogP contribution < -0.4 is 15.8 Å². The molecule has 21 heavy (non-hydrogen) atoms. The average Bonchev–Trinajstić information content (AvgIpc) is 2.49. The molecule has 0 spiro atoms. The van der Waals surface area contributed by atoms with Gasteiger partial charge < -0.3 is 15.8 Å². The Kier molecular flexibility index (Phi) is 4.64. The Labute approximate surface area is 126 Å². The molecule has 0 fully saturated rings. The molecular formula is C15H12ClN3O2. The molecule has 0 saturated carbocycles. The van der Waals surface area contributed by atoms with E-state index in [9.17, 15) is 4.79 Å². The molecule has 6 heteroatoms. The van der Waals surface area contributed by atoms with E-state index in [-0.39, 0.29) is 12.5 Å². The molecule has 0 radical (unpaired) electrons. The van der Waals surface area contributed by atoms with Crippen molar-refractivity contribution in [3.63, 3.8) is 0 Å². The summed E-state index contributed by atoms with van der Waals surface area (Å²) in [5.74, 6) is 0.0783. The highest BCUT2D eigenvalue weighted by atomic mass is 35.5. The fourth-order valence-corrected chi connectivity index (χ4v) is 1.80. The molecule has 2 aromatic rings. The van der Waals surface area contributed by atoms with E-state index in [1.165, 1.54) is 0 Å². The van der Waals surface area contributed by atoms with Gasteiger partial charge in [-0.3, -0.25) is 4.79 Å². The number of nitrogen functional groups attached to an aromatic ring is 1. The fourth-order valence-electron chi connectivity index (χ4n) is 1.63. The molecular weight excluding hydrogens is 290 g/mol. The summed E-state index contributed by atoms with van der Waals surface area (Å²) >= 11 is 5.84. The Morgan fingerprint density at radius 1 is 1.33 bits per heavy atom. The number of hydrogen-bond acceptors (Lipinski definition) is 4. The number of nitrogens with zero attached hydrogens (tertiary/aromatic N) is 1. The topological polar surface area (TPSA) is 88.1 Å². The van der Waals surface area contributed by atoms with Crippen molar-refractivity contribution in [2.45, 2.75) is 0 Å². The summed E-state index contributed by atoms with van der Waals surface area (Å²) in [5, 5.41) is 11.9. The van der Waals surface area contributed by atoms with E-state index in [0.717, 1.165) is 0 Å². The number of ether oxygens (including phenoxy) is 1. The van der Waals surface area contributed by atoms with Crippen molar-refractivity contribution < 1.29 is 9.53 Å². The van der Waals surface area contributed by atoms with Gasteiger partial charge in [-0.1, -0.05) is 17.7 Å². The maximum absolute atomic E-state index is 11.8. The van der Waals surface area contributed by atoms with E-state index in [4.69, 9.17) is 27.3 Å². The van der Waals surface area contributed by atoms with Crippen molar-refractivity contribution in [2.75, 3.05) is 17.7 Å². The number of amides is 1. The van der Waals surface area contributed by atoms with E-state index in [1.807, 2.05) is 6.07 Å². The number of benzene rings is 2. The second-order valence-corrected chi connectivity index (χ2v) is 4.64. The van der Waals surface area contributed by atoms with Crippen molar-refractivity contribution >= 4 is 28.9 Å². The van der Waals surface area contributed by atoms with E-state index >= 15 is 0 Å². The Hall–Kier alpha value is -2.71. The van der Waals surface area contributed by atoms with Gasteiger partial charge in [-0.15, -0.1) is 0 Å². The molecule has 2 rings (SSSR count). The van der Waals surface area contributed by atoms with Crippen LogP contribution in [0.1, 0.15) is 5.56 Å². The van der Waals surface area contributed by atoms with Crippen LogP contribution in [0, 0.1) is 11.3 Å². The molecule has 0 atom stereocenters. The predicted molar refractivity (Wildman–Crippen MR) is 81.1 cm³/mol. The van der Waals surface area contributed by atoms with Gasteiger partial charge in [0.15, 0.2) is 6.61 Å². The summed E-state index contributed by atoms with van der Waals surface area (Å²) in [6.07, 6.45) is 0. The first kappa shape index (κ1) is 14.7. The van der Waals surface area contributed by atoms with Gasteiger partial charge in [0.1, 0.15) is 5.75 Å². The van der Waals surface area contributed by atoms with Crippen LogP contribution in [0.5, 0.6) is 5.75 Å². The van der Waals surface area contributed by atoms with Crippen molar-refractivity contribution in [2.24, 2.45) is 0 Å². The standard InChI is InChI=1S/C15H12ClN3O2/c16-11-4-5-13(18)14(7-11)19-15(20)9-21-12-3-1-2-10(6-12)8-17/h1-7H,9,18H2,(H,19,20). The Balaban J connectivity index is 1.96. The molecule has 1 amide bonds. The van der Waals surface area contributed by atoms with Crippen LogP contribution in [-0.4, -0.2) is 12.5 Å². The van der Waals surface area contributed by atoms with Crippen LogP contribution in [-0.2, 0) is 4.79 Å². The van der Waals surface area contributed by atoms with Crippen molar-refractivity contribution in [3.8, 4) is 11.8 Å². The highest BCUT2D eigenvalue weighted by Crippen LogP contribution is 2.22. The predicted octanol–water partition coefficient (Wildman–Crippen LogP) is 2.81. The maximum atomic E-state index is 11.8. The van der Waals surface area contributed by atoms with Crippen LogP contribution in [0.25, 0.3) is 0 Å². The van der Waals surface area contributed by atoms with Gasteiger partial charge in [0.2, 0.25) is 0 Å². The number of halogens is 1. The minimum atomic E-state index is -0.369. The number of carbonyl (C=O) groups excluding carboxylic acids is 1. The summed E-state index contributed by atoms with van der Waals surface area (Å²) < 4.78 is 5.32. The van der Waals surface area contributed by atoms with Gasteiger partial charge in [0, 0.05) is 5.02 Å². The minimum Gasteiger partial charge on any atom is -0.484 e. The second kappa shape index (κ2) is 6.64. The van der Waals surface area contributed by atoms with E-state index in [1.54, 1.807) is 42.5 Å². The molecule has 0 heterocycles. The largest absolute Gasteiger partial charge is 0.484 e. The lowest BCUT2D eigenvalue weighted by atomic mass is 10.2. The van der Waals surface area contributed by atoms with Crippen molar-refractivity contribution in [1.82, 2.24) is 0 Å². The summed E-state index contributed by atoms with van der Waals surface area (Å²) in [7, 11) is 0. The third-order valence-corrected chi connectivity index (χ3v) is 2.86. The smallest absolute Gasteiger partial charge is 0.262 e. The third-order valence-electron chi connectivity index (χ3n) is 2.62. The third kappa shape index (κ3) is 4.13. The molecule has 0 bridgehead atoms. The maximum Gasteiger partial charge on any atom is 0.262 e. The first-order chi connectivity index (χ1) is 10.1. The van der Waals surface area contributed by atoms with Crippen molar-refractivity contribution in [1.29, 1.82) is 5.26 Å². The Morgan fingerprint density at radius 2 is 2.14 bits per heavy atom. The minimum absolute atomic E-state index is 0.194. The lowest BCUT2D eigenvalue weighted by Crippen LogP contribution is -2.20. The Bertz CT molecular complexity index is 710. The van der Waals surface area contributed by atoms with Gasteiger partial charge in [0.05, 0.1) is 23.0 Å².